The Hall–Kier alpha value is -4.34. The van der Waals surface area contributed by atoms with E-state index in [2.05, 4.69) is 10.6 Å². The summed E-state index contributed by atoms with van der Waals surface area (Å²) in [5.41, 5.74) is 1.66. The number of ketones is 2. The molecular formula is C28H30N2O8. The van der Waals surface area contributed by atoms with E-state index in [1.807, 2.05) is 0 Å². The fourth-order valence-electron chi connectivity index (χ4n) is 4.42. The number of carbonyl (C=O) groups is 6. The minimum absolute atomic E-state index is 0.0836. The summed E-state index contributed by atoms with van der Waals surface area (Å²) >= 11 is 0. The molecule has 0 aliphatic heterocycles. The van der Waals surface area contributed by atoms with Crippen LogP contribution < -0.4 is 10.6 Å². The number of rotatable bonds is 10. The van der Waals surface area contributed by atoms with E-state index < -0.39 is 35.8 Å². The first-order chi connectivity index (χ1) is 18.1. The van der Waals surface area contributed by atoms with Crippen LogP contribution in [-0.4, -0.2) is 60.6 Å². The van der Waals surface area contributed by atoms with E-state index in [1.165, 1.54) is 26.0 Å². The van der Waals surface area contributed by atoms with E-state index in [0.717, 1.165) is 0 Å². The Kier molecular flexibility index (Phi) is 9.11. The van der Waals surface area contributed by atoms with Crippen LogP contribution in [0.25, 0.3) is 0 Å². The Bertz CT molecular complexity index is 1200. The monoisotopic (exact) mass is 522 g/mol. The van der Waals surface area contributed by atoms with Crippen LogP contribution in [0.2, 0.25) is 0 Å². The average molecular weight is 523 g/mol. The number of carbonyl (C=O) groups excluding carboxylic acids is 6. The highest BCUT2D eigenvalue weighted by atomic mass is 16.5. The van der Waals surface area contributed by atoms with Gasteiger partial charge < -0.3 is 20.1 Å². The van der Waals surface area contributed by atoms with Crippen LogP contribution >= 0.6 is 0 Å². The lowest BCUT2D eigenvalue weighted by Crippen LogP contribution is -2.44. The first kappa shape index (κ1) is 28.2. The third-order valence-electron chi connectivity index (χ3n) is 5.99. The highest BCUT2D eigenvalue weighted by Crippen LogP contribution is 2.31. The van der Waals surface area contributed by atoms with Gasteiger partial charge in [-0.25, -0.2) is 9.59 Å². The molecule has 0 bridgehead atoms. The quantitative estimate of drug-likeness (QED) is 0.383. The van der Waals surface area contributed by atoms with Crippen molar-refractivity contribution in [3.05, 3.63) is 69.8 Å². The lowest BCUT2D eigenvalue weighted by Gasteiger charge is -2.24. The van der Waals surface area contributed by atoms with Gasteiger partial charge in [-0.2, -0.15) is 0 Å². The van der Waals surface area contributed by atoms with Crippen LogP contribution in [0.4, 0.5) is 0 Å². The molecule has 0 unspecified atom stereocenters. The van der Waals surface area contributed by atoms with Gasteiger partial charge in [0, 0.05) is 48.9 Å². The molecule has 3 rings (SSSR count). The van der Waals surface area contributed by atoms with E-state index in [0.29, 0.717) is 11.1 Å². The third-order valence-corrected chi connectivity index (χ3v) is 5.99. The number of ether oxygens (including phenoxy) is 2. The van der Waals surface area contributed by atoms with Gasteiger partial charge in [-0.1, -0.05) is 24.3 Å². The highest BCUT2D eigenvalue weighted by molar-refractivity contribution is 6.28. The zero-order valence-corrected chi connectivity index (χ0v) is 21.7. The largest absolute Gasteiger partial charge is 0.464 e. The summed E-state index contributed by atoms with van der Waals surface area (Å²) in [6.45, 7) is 5.95. The van der Waals surface area contributed by atoms with Crippen LogP contribution in [0.15, 0.2) is 36.4 Å². The van der Waals surface area contributed by atoms with Crippen molar-refractivity contribution in [2.45, 2.75) is 52.6 Å². The van der Waals surface area contributed by atoms with Gasteiger partial charge >= 0.3 is 11.9 Å². The SMILES string of the molecule is CCOC(=O)[C@H](Cc1cc2c(cc1C[C@@H](NC(C)=O)C(=O)OCC)C(=O)c1ccccc1C2=O)NC(C)=O. The Morgan fingerprint density at radius 1 is 0.684 bits per heavy atom. The van der Waals surface area contributed by atoms with Gasteiger partial charge in [0.25, 0.3) is 0 Å². The van der Waals surface area contributed by atoms with Crippen molar-refractivity contribution in [3.8, 4) is 0 Å². The summed E-state index contributed by atoms with van der Waals surface area (Å²) in [7, 11) is 0. The molecule has 1 aliphatic rings. The fourth-order valence-corrected chi connectivity index (χ4v) is 4.42. The molecular weight excluding hydrogens is 492 g/mol. The first-order valence-electron chi connectivity index (χ1n) is 12.3. The Labute approximate surface area is 220 Å². The molecule has 0 radical (unpaired) electrons. The topological polar surface area (TPSA) is 145 Å². The van der Waals surface area contributed by atoms with E-state index in [-0.39, 0.29) is 59.9 Å². The minimum atomic E-state index is -1.09. The second-order valence-electron chi connectivity index (χ2n) is 8.79. The summed E-state index contributed by atoms with van der Waals surface area (Å²) in [4.78, 5) is 75.6. The maximum absolute atomic E-state index is 13.3. The number of hydrogen-bond acceptors (Lipinski definition) is 8. The Morgan fingerprint density at radius 3 is 1.37 bits per heavy atom. The predicted octanol–water partition coefficient (Wildman–Crippen LogP) is 1.68. The normalized spacial score (nSPS) is 13.5. The molecule has 2 aromatic rings. The van der Waals surface area contributed by atoms with Gasteiger partial charge in [0.15, 0.2) is 11.6 Å². The van der Waals surface area contributed by atoms with Gasteiger partial charge in [0.05, 0.1) is 13.2 Å². The Balaban J connectivity index is 2.15. The second kappa shape index (κ2) is 12.3. The van der Waals surface area contributed by atoms with E-state index in [4.69, 9.17) is 9.47 Å². The number of fused-ring (bicyclic) bond motifs is 2. The third kappa shape index (κ3) is 6.31. The molecule has 2 aromatic carbocycles. The summed E-state index contributed by atoms with van der Waals surface area (Å²) in [6.07, 6.45) is -0.167. The smallest absolute Gasteiger partial charge is 0.328 e. The highest BCUT2D eigenvalue weighted by Gasteiger charge is 2.33. The predicted molar refractivity (Wildman–Crippen MR) is 136 cm³/mol. The molecule has 38 heavy (non-hydrogen) atoms. The molecule has 2 N–H and O–H groups in total. The number of nitrogens with one attached hydrogen (secondary N) is 2. The molecule has 10 nitrogen and oxygen atoms in total. The maximum atomic E-state index is 13.3. The van der Waals surface area contributed by atoms with Gasteiger partial charge in [0.2, 0.25) is 11.8 Å². The number of hydrogen-bond donors (Lipinski definition) is 2. The molecule has 0 aromatic heterocycles. The van der Waals surface area contributed by atoms with Crippen molar-refractivity contribution < 1.29 is 38.2 Å². The molecule has 1 aliphatic carbocycles. The van der Waals surface area contributed by atoms with E-state index >= 15 is 0 Å². The standard InChI is InChI=1S/C28H30N2O8/c1-5-37-27(35)23(29-15(3)31)13-17-11-21-22(26(34)20-10-8-7-9-19(20)25(21)33)12-18(17)14-24(30-16(4)32)28(36)38-6-2/h7-12,23-24H,5-6,13-14H2,1-4H3,(H,29,31)(H,30,32)/t23-,24+. The molecule has 10 heteroatoms. The summed E-state index contributed by atoms with van der Waals surface area (Å²) in [5, 5.41) is 5.12. The van der Waals surface area contributed by atoms with Crippen LogP contribution in [0.3, 0.4) is 0 Å². The van der Waals surface area contributed by atoms with Gasteiger partial charge in [0.1, 0.15) is 12.1 Å². The van der Waals surface area contributed by atoms with Crippen molar-refractivity contribution in [2.75, 3.05) is 13.2 Å². The number of esters is 2. The average Bonchev–Trinajstić information content (AvgIpc) is 2.86. The van der Waals surface area contributed by atoms with Gasteiger partial charge in [-0.15, -0.1) is 0 Å². The Morgan fingerprint density at radius 2 is 1.05 bits per heavy atom. The number of amides is 2. The van der Waals surface area contributed by atoms with Crippen LogP contribution in [-0.2, 0) is 41.5 Å². The van der Waals surface area contributed by atoms with Crippen molar-refractivity contribution in [1.29, 1.82) is 0 Å². The molecule has 2 atom stereocenters. The maximum Gasteiger partial charge on any atom is 0.328 e. The molecule has 0 fully saturated rings. The second-order valence-corrected chi connectivity index (χ2v) is 8.79. The van der Waals surface area contributed by atoms with E-state index in [9.17, 15) is 28.8 Å². The lowest BCUT2D eigenvalue weighted by molar-refractivity contribution is -0.147. The van der Waals surface area contributed by atoms with Crippen LogP contribution in [0, 0.1) is 0 Å². The molecule has 2 amide bonds. The van der Waals surface area contributed by atoms with Crippen molar-refractivity contribution in [1.82, 2.24) is 10.6 Å². The fraction of sp³-hybridized carbons (Fsp3) is 0.357. The molecule has 0 saturated carbocycles. The summed E-state index contributed by atoms with van der Waals surface area (Å²) < 4.78 is 10.2. The molecule has 0 saturated heterocycles. The minimum Gasteiger partial charge on any atom is -0.464 e. The lowest BCUT2D eigenvalue weighted by atomic mass is 9.80. The zero-order valence-electron chi connectivity index (χ0n) is 21.7. The summed E-state index contributed by atoms with van der Waals surface area (Å²) in [6, 6.07) is 7.29. The van der Waals surface area contributed by atoms with E-state index in [1.54, 1.807) is 38.1 Å². The van der Waals surface area contributed by atoms with Crippen LogP contribution in [0.1, 0.15) is 70.7 Å². The van der Waals surface area contributed by atoms with Gasteiger partial charge in [-0.3, -0.25) is 19.2 Å². The zero-order chi connectivity index (χ0) is 28.0. The molecule has 0 spiro atoms. The van der Waals surface area contributed by atoms with Crippen molar-refractivity contribution >= 4 is 35.3 Å². The molecule has 0 heterocycles. The van der Waals surface area contributed by atoms with Crippen molar-refractivity contribution in [3.63, 3.8) is 0 Å². The number of benzene rings is 2. The van der Waals surface area contributed by atoms with Gasteiger partial charge in [-0.05, 0) is 37.1 Å². The van der Waals surface area contributed by atoms with Crippen molar-refractivity contribution in [2.24, 2.45) is 0 Å². The van der Waals surface area contributed by atoms with Crippen LogP contribution in [0.5, 0.6) is 0 Å². The molecule has 200 valence electrons. The summed E-state index contributed by atoms with van der Waals surface area (Å²) in [5.74, 6) is -3.01. The first-order valence-corrected chi connectivity index (χ1v) is 12.3.